The van der Waals surface area contributed by atoms with Crippen LogP contribution in [0.15, 0.2) is 0 Å². The van der Waals surface area contributed by atoms with Gasteiger partial charge in [0.1, 0.15) is 0 Å². The summed E-state index contributed by atoms with van der Waals surface area (Å²) in [4.78, 5) is 22.1. The predicted molar refractivity (Wildman–Crippen MR) is 61.8 cm³/mol. The molecule has 0 aromatic rings. The van der Waals surface area contributed by atoms with Crippen LogP contribution in [0.1, 0.15) is 52.9 Å². The van der Waals surface area contributed by atoms with Gasteiger partial charge in [-0.05, 0) is 12.3 Å². The number of rotatable bonds is 8. The van der Waals surface area contributed by atoms with Gasteiger partial charge in [0, 0.05) is 0 Å². The fourth-order valence-electron chi connectivity index (χ4n) is 1.88. The smallest absolute Gasteiger partial charge is 0.549 e. The number of unbranched alkanes of at least 4 members (excludes halogenated alkanes) is 3. The van der Waals surface area contributed by atoms with Crippen LogP contribution in [0.5, 0.6) is 0 Å². The first-order valence-electron chi connectivity index (χ1n) is 5.82. The summed E-state index contributed by atoms with van der Waals surface area (Å²) in [5.41, 5.74) is -1.84. The van der Waals surface area contributed by atoms with Gasteiger partial charge in [0.2, 0.25) is 0 Å². The van der Waals surface area contributed by atoms with Crippen LogP contribution in [0.3, 0.4) is 0 Å². The number of carbonyl (C=O) groups is 2. The van der Waals surface area contributed by atoms with Gasteiger partial charge < -0.3 is 19.8 Å². The molecule has 94 valence electrons. The van der Waals surface area contributed by atoms with Gasteiger partial charge in [-0.25, -0.2) is 0 Å². The molecule has 5 heteroatoms. The second-order valence-electron chi connectivity index (χ2n) is 4.51. The van der Waals surface area contributed by atoms with E-state index in [2.05, 4.69) is 0 Å². The standard InChI is InChI=1S/C12H22O4.Ca/c1-4-5-6-7-8-12(9(2)3,10(13)14)11(15)16;/h9H,4-8H2,1-3H3,(H,13,14)(H,15,16);/q;+2/p-2. The minimum Gasteiger partial charge on any atom is -0.549 e. The monoisotopic (exact) mass is 268 g/mol. The number of carbonyl (C=O) groups excluding carboxylic acids is 2. The van der Waals surface area contributed by atoms with E-state index in [9.17, 15) is 19.8 Å². The zero-order chi connectivity index (χ0) is 12.8. The van der Waals surface area contributed by atoms with Crippen LogP contribution in [0.25, 0.3) is 0 Å². The van der Waals surface area contributed by atoms with Crippen molar-refractivity contribution in [1.82, 2.24) is 0 Å². The Hall–Kier alpha value is 0.200. The zero-order valence-electron chi connectivity index (χ0n) is 11.0. The topological polar surface area (TPSA) is 80.3 Å². The van der Waals surface area contributed by atoms with E-state index in [1.807, 2.05) is 6.92 Å². The Morgan fingerprint density at radius 2 is 1.53 bits per heavy atom. The summed E-state index contributed by atoms with van der Waals surface area (Å²) >= 11 is 0. The molecule has 0 spiro atoms. The summed E-state index contributed by atoms with van der Waals surface area (Å²) in [7, 11) is 0. The van der Waals surface area contributed by atoms with Gasteiger partial charge in [0.15, 0.2) is 0 Å². The molecule has 0 rings (SSSR count). The van der Waals surface area contributed by atoms with E-state index in [4.69, 9.17) is 0 Å². The van der Waals surface area contributed by atoms with E-state index in [0.29, 0.717) is 6.42 Å². The van der Waals surface area contributed by atoms with Crippen LogP contribution < -0.4 is 10.2 Å². The summed E-state index contributed by atoms with van der Waals surface area (Å²) in [5.74, 6) is -3.58. The average Bonchev–Trinajstić information content (AvgIpc) is 2.16. The molecule has 0 atom stereocenters. The Balaban J connectivity index is 0. The summed E-state index contributed by atoms with van der Waals surface area (Å²) in [5, 5.41) is 22.1. The summed E-state index contributed by atoms with van der Waals surface area (Å²) in [6.45, 7) is 5.18. The second-order valence-corrected chi connectivity index (χ2v) is 4.51. The maximum Gasteiger partial charge on any atom is 2.00 e. The Labute approximate surface area is 133 Å². The van der Waals surface area contributed by atoms with Crippen molar-refractivity contribution in [2.45, 2.75) is 52.9 Å². The molecule has 0 saturated heterocycles. The molecule has 0 fully saturated rings. The van der Waals surface area contributed by atoms with E-state index < -0.39 is 23.3 Å². The van der Waals surface area contributed by atoms with E-state index >= 15 is 0 Å². The van der Waals surface area contributed by atoms with Crippen LogP contribution >= 0.6 is 0 Å². The maximum absolute atomic E-state index is 11.0. The molecular formula is C12H20CaO4. The van der Waals surface area contributed by atoms with Crippen molar-refractivity contribution >= 4 is 49.7 Å². The van der Waals surface area contributed by atoms with E-state index in [-0.39, 0.29) is 44.2 Å². The third-order valence-electron chi connectivity index (χ3n) is 3.14. The van der Waals surface area contributed by atoms with Crippen molar-refractivity contribution in [2.75, 3.05) is 0 Å². The van der Waals surface area contributed by atoms with Gasteiger partial charge in [-0.2, -0.15) is 0 Å². The maximum atomic E-state index is 11.0. The van der Waals surface area contributed by atoms with Crippen molar-refractivity contribution < 1.29 is 19.8 Å². The van der Waals surface area contributed by atoms with Crippen LogP contribution in [-0.4, -0.2) is 49.7 Å². The van der Waals surface area contributed by atoms with Crippen LogP contribution in [0.2, 0.25) is 0 Å². The number of hydrogen-bond acceptors (Lipinski definition) is 4. The molecular weight excluding hydrogens is 248 g/mol. The largest absolute Gasteiger partial charge is 2.00 e. The van der Waals surface area contributed by atoms with Gasteiger partial charge >= 0.3 is 37.7 Å². The molecule has 0 bridgehead atoms. The van der Waals surface area contributed by atoms with Crippen molar-refractivity contribution in [2.24, 2.45) is 11.3 Å². The third kappa shape index (κ3) is 5.14. The Morgan fingerprint density at radius 1 is 1.06 bits per heavy atom. The fourth-order valence-corrected chi connectivity index (χ4v) is 1.88. The van der Waals surface area contributed by atoms with Crippen LogP contribution in [-0.2, 0) is 9.59 Å². The normalized spacial score (nSPS) is 11.1. The zero-order valence-corrected chi connectivity index (χ0v) is 13.2. The second kappa shape index (κ2) is 9.17. The Bertz CT molecular complexity index is 237. The number of carboxylic acid groups (broad SMARTS) is 2. The van der Waals surface area contributed by atoms with Crippen molar-refractivity contribution in [3.05, 3.63) is 0 Å². The Kier molecular flexibility index (Phi) is 10.5. The van der Waals surface area contributed by atoms with Gasteiger partial charge in [0.25, 0.3) is 0 Å². The molecule has 4 nitrogen and oxygen atoms in total. The first kappa shape index (κ1) is 19.5. The van der Waals surface area contributed by atoms with Crippen molar-refractivity contribution in [3.63, 3.8) is 0 Å². The van der Waals surface area contributed by atoms with Gasteiger partial charge in [-0.1, -0.05) is 46.5 Å². The molecule has 17 heavy (non-hydrogen) atoms. The van der Waals surface area contributed by atoms with E-state index in [1.165, 1.54) is 0 Å². The molecule has 0 aliphatic carbocycles. The first-order chi connectivity index (χ1) is 7.39. The number of hydrogen-bond donors (Lipinski definition) is 0. The summed E-state index contributed by atoms with van der Waals surface area (Å²) in [6.07, 6.45) is 3.51. The first-order valence-corrected chi connectivity index (χ1v) is 5.82. The molecule has 0 unspecified atom stereocenters. The third-order valence-corrected chi connectivity index (χ3v) is 3.14. The van der Waals surface area contributed by atoms with Crippen LogP contribution in [0, 0.1) is 11.3 Å². The minimum absolute atomic E-state index is 0. The molecule has 0 N–H and O–H groups in total. The fraction of sp³-hybridized carbons (Fsp3) is 0.833. The van der Waals surface area contributed by atoms with Crippen molar-refractivity contribution in [1.29, 1.82) is 0 Å². The van der Waals surface area contributed by atoms with E-state index in [1.54, 1.807) is 13.8 Å². The molecule has 0 saturated carbocycles. The quantitative estimate of drug-likeness (QED) is 0.344. The number of carboxylic acids is 2. The summed E-state index contributed by atoms with van der Waals surface area (Å²) < 4.78 is 0. The molecule has 0 heterocycles. The molecule has 0 aromatic heterocycles. The molecule has 0 aliphatic rings. The predicted octanol–water partition coefficient (Wildman–Crippen LogP) is -0.282. The molecule has 0 radical (unpaired) electrons. The SMILES string of the molecule is CCCCCCC(C(=O)[O-])(C(=O)[O-])C(C)C.[Ca+2]. The van der Waals surface area contributed by atoms with Gasteiger partial charge in [-0.3, -0.25) is 0 Å². The van der Waals surface area contributed by atoms with Gasteiger partial charge in [-0.15, -0.1) is 0 Å². The van der Waals surface area contributed by atoms with Crippen molar-refractivity contribution in [3.8, 4) is 0 Å². The minimum atomic E-state index is -1.84. The van der Waals surface area contributed by atoms with Crippen LogP contribution in [0.4, 0.5) is 0 Å². The molecule has 0 amide bonds. The average molecular weight is 268 g/mol. The Morgan fingerprint density at radius 3 is 1.82 bits per heavy atom. The number of aliphatic carboxylic acids is 2. The van der Waals surface area contributed by atoms with Gasteiger partial charge in [0.05, 0.1) is 17.4 Å². The van der Waals surface area contributed by atoms with E-state index in [0.717, 1.165) is 19.3 Å². The molecule has 0 aliphatic heterocycles. The summed E-state index contributed by atoms with van der Waals surface area (Å²) in [6, 6.07) is 0. The molecule has 0 aromatic carbocycles.